The van der Waals surface area contributed by atoms with Gasteiger partial charge >= 0.3 is 0 Å². The van der Waals surface area contributed by atoms with E-state index in [0.717, 1.165) is 0 Å². The van der Waals surface area contributed by atoms with Gasteiger partial charge in [-0.1, -0.05) is 41.4 Å². The number of hydrogen-bond donors (Lipinski definition) is 0. The van der Waals surface area contributed by atoms with E-state index in [9.17, 15) is 13.2 Å². The first kappa shape index (κ1) is 20.9. The Bertz CT molecular complexity index is 946. The molecule has 0 N–H and O–H groups in total. The number of hydrogen-bond acceptors (Lipinski definition) is 4. The number of piperazine rings is 1. The predicted octanol–water partition coefficient (Wildman–Crippen LogP) is 3.29. The Morgan fingerprint density at radius 1 is 1.04 bits per heavy atom. The molecule has 1 aliphatic rings. The number of benzene rings is 2. The van der Waals surface area contributed by atoms with Crippen molar-refractivity contribution in [3.05, 3.63) is 58.6 Å². The van der Waals surface area contributed by atoms with Crippen molar-refractivity contribution < 1.29 is 17.9 Å². The highest BCUT2D eigenvalue weighted by molar-refractivity contribution is 7.89. The molecule has 1 aliphatic heterocycles. The zero-order valence-corrected chi connectivity index (χ0v) is 17.5. The van der Waals surface area contributed by atoms with Gasteiger partial charge in [-0.15, -0.1) is 0 Å². The Labute approximate surface area is 174 Å². The number of ether oxygens (including phenoxy) is 1. The van der Waals surface area contributed by atoms with Crippen molar-refractivity contribution in [3.8, 4) is 5.75 Å². The van der Waals surface area contributed by atoms with Gasteiger partial charge in [0.05, 0.1) is 9.92 Å². The largest absolute Gasteiger partial charge is 0.479 e. The highest BCUT2D eigenvalue weighted by atomic mass is 35.5. The Morgan fingerprint density at radius 3 is 2.29 bits per heavy atom. The molecule has 2 aromatic rings. The molecule has 1 amide bonds. The van der Waals surface area contributed by atoms with E-state index < -0.39 is 16.1 Å². The van der Waals surface area contributed by atoms with Gasteiger partial charge in [0.2, 0.25) is 10.0 Å². The highest BCUT2D eigenvalue weighted by Crippen LogP contribution is 2.28. The lowest BCUT2D eigenvalue weighted by molar-refractivity contribution is -0.139. The zero-order chi connectivity index (χ0) is 20.3. The molecule has 1 saturated heterocycles. The second-order valence-corrected chi connectivity index (χ2v) is 9.16. The standard InChI is InChI=1S/C19H20Cl2N2O4S/c1-14(27-18-8-7-15(20)13-17(18)21)19(24)22-9-11-23(12-10-22)28(25,26)16-5-3-2-4-6-16/h2-8,13-14H,9-12H2,1H3. The van der Waals surface area contributed by atoms with E-state index in [4.69, 9.17) is 27.9 Å². The summed E-state index contributed by atoms with van der Waals surface area (Å²) in [7, 11) is -3.56. The lowest BCUT2D eigenvalue weighted by atomic mass is 10.2. The molecule has 6 nitrogen and oxygen atoms in total. The van der Waals surface area contributed by atoms with Gasteiger partial charge in [0.1, 0.15) is 5.75 Å². The minimum Gasteiger partial charge on any atom is -0.479 e. The van der Waals surface area contributed by atoms with E-state index in [0.29, 0.717) is 28.9 Å². The Kier molecular flexibility index (Phi) is 6.50. The number of carbonyl (C=O) groups is 1. The molecular formula is C19H20Cl2N2O4S. The molecule has 9 heteroatoms. The third-order valence-electron chi connectivity index (χ3n) is 4.48. The minimum absolute atomic E-state index is 0.220. The summed E-state index contributed by atoms with van der Waals surface area (Å²) < 4.78 is 32.4. The number of amides is 1. The maximum atomic E-state index is 12.7. The van der Waals surface area contributed by atoms with E-state index in [1.54, 1.807) is 60.4 Å². The first-order valence-electron chi connectivity index (χ1n) is 8.75. The van der Waals surface area contributed by atoms with Gasteiger partial charge in [-0.3, -0.25) is 4.79 Å². The van der Waals surface area contributed by atoms with Crippen LogP contribution in [0.2, 0.25) is 10.0 Å². The molecule has 1 atom stereocenters. The number of carbonyl (C=O) groups excluding carboxylic acids is 1. The molecule has 3 rings (SSSR count). The Balaban J connectivity index is 1.60. The first-order chi connectivity index (χ1) is 13.3. The highest BCUT2D eigenvalue weighted by Gasteiger charge is 2.32. The van der Waals surface area contributed by atoms with Crippen molar-refractivity contribution in [2.45, 2.75) is 17.9 Å². The molecule has 0 bridgehead atoms. The van der Waals surface area contributed by atoms with Crippen LogP contribution in [0.15, 0.2) is 53.4 Å². The van der Waals surface area contributed by atoms with Gasteiger partial charge in [0.15, 0.2) is 6.10 Å². The second-order valence-electron chi connectivity index (χ2n) is 6.38. The van der Waals surface area contributed by atoms with Gasteiger partial charge in [0.25, 0.3) is 5.91 Å². The van der Waals surface area contributed by atoms with Gasteiger partial charge in [-0.05, 0) is 37.3 Å². The number of sulfonamides is 1. The molecule has 2 aromatic carbocycles. The SMILES string of the molecule is CC(Oc1ccc(Cl)cc1Cl)C(=O)N1CCN(S(=O)(=O)c2ccccc2)CC1. The van der Waals surface area contributed by atoms with Crippen LogP contribution in [0.1, 0.15) is 6.92 Å². The Morgan fingerprint density at radius 2 is 1.68 bits per heavy atom. The summed E-state index contributed by atoms with van der Waals surface area (Å²) in [6, 6.07) is 13.1. The monoisotopic (exact) mass is 442 g/mol. The fraction of sp³-hybridized carbons (Fsp3) is 0.316. The van der Waals surface area contributed by atoms with Gasteiger partial charge in [0, 0.05) is 31.2 Å². The van der Waals surface area contributed by atoms with Crippen LogP contribution < -0.4 is 4.74 Å². The predicted molar refractivity (Wildman–Crippen MR) is 108 cm³/mol. The molecular weight excluding hydrogens is 423 g/mol. The summed E-state index contributed by atoms with van der Waals surface area (Å²) in [5, 5.41) is 0.804. The van der Waals surface area contributed by atoms with E-state index >= 15 is 0 Å². The average Bonchev–Trinajstić information content (AvgIpc) is 2.70. The van der Waals surface area contributed by atoms with Crippen molar-refractivity contribution in [1.29, 1.82) is 0 Å². The van der Waals surface area contributed by atoms with Crippen LogP contribution in [0.4, 0.5) is 0 Å². The summed E-state index contributed by atoms with van der Waals surface area (Å²) in [4.78, 5) is 14.5. The van der Waals surface area contributed by atoms with Crippen LogP contribution in [0, 0.1) is 0 Å². The average molecular weight is 443 g/mol. The molecule has 28 heavy (non-hydrogen) atoms. The van der Waals surface area contributed by atoms with Crippen molar-refractivity contribution in [3.63, 3.8) is 0 Å². The molecule has 0 aliphatic carbocycles. The summed E-state index contributed by atoms with van der Waals surface area (Å²) in [5.41, 5.74) is 0. The van der Waals surface area contributed by atoms with Crippen LogP contribution in [-0.4, -0.2) is 55.8 Å². The van der Waals surface area contributed by atoms with Crippen molar-refractivity contribution in [2.24, 2.45) is 0 Å². The molecule has 1 heterocycles. The van der Waals surface area contributed by atoms with Crippen LogP contribution >= 0.6 is 23.2 Å². The summed E-state index contributed by atoms with van der Waals surface area (Å²) in [5.74, 6) is 0.153. The lowest BCUT2D eigenvalue weighted by Gasteiger charge is -2.35. The quantitative estimate of drug-likeness (QED) is 0.712. The summed E-state index contributed by atoms with van der Waals surface area (Å²) in [6.45, 7) is 2.70. The van der Waals surface area contributed by atoms with Crippen LogP contribution in [-0.2, 0) is 14.8 Å². The fourth-order valence-corrected chi connectivity index (χ4v) is 4.86. The third kappa shape index (κ3) is 4.60. The third-order valence-corrected chi connectivity index (χ3v) is 6.92. The minimum atomic E-state index is -3.56. The molecule has 0 spiro atoms. The van der Waals surface area contributed by atoms with Gasteiger partial charge in [-0.2, -0.15) is 4.31 Å². The number of rotatable bonds is 5. The molecule has 150 valence electrons. The molecule has 0 saturated carbocycles. The fourth-order valence-electron chi connectivity index (χ4n) is 2.96. The van der Waals surface area contributed by atoms with Crippen molar-refractivity contribution in [2.75, 3.05) is 26.2 Å². The van der Waals surface area contributed by atoms with Crippen molar-refractivity contribution in [1.82, 2.24) is 9.21 Å². The zero-order valence-electron chi connectivity index (χ0n) is 15.2. The van der Waals surface area contributed by atoms with Gasteiger partial charge in [-0.25, -0.2) is 8.42 Å². The second kappa shape index (κ2) is 8.69. The van der Waals surface area contributed by atoms with Crippen LogP contribution in [0.3, 0.4) is 0 Å². The summed E-state index contributed by atoms with van der Waals surface area (Å²) in [6.07, 6.45) is -0.754. The maximum Gasteiger partial charge on any atom is 0.263 e. The van der Waals surface area contributed by atoms with Crippen LogP contribution in [0.5, 0.6) is 5.75 Å². The van der Waals surface area contributed by atoms with Crippen LogP contribution in [0.25, 0.3) is 0 Å². The normalized spacial score (nSPS) is 16.6. The topological polar surface area (TPSA) is 66.9 Å². The molecule has 1 unspecified atom stereocenters. The van der Waals surface area contributed by atoms with E-state index in [-0.39, 0.29) is 23.9 Å². The maximum absolute atomic E-state index is 12.7. The smallest absolute Gasteiger partial charge is 0.263 e. The first-order valence-corrected chi connectivity index (χ1v) is 10.9. The molecule has 1 fully saturated rings. The van der Waals surface area contributed by atoms with E-state index in [1.807, 2.05) is 0 Å². The Hall–Kier alpha value is -1.80. The van der Waals surface area contributed by atoms with Gasteiger partial charge < -0.3 is 9.64 Å². The number of nitrogens with zero attached hydrogens (tertiary/aromatic N) is 2. The molecule has 0 radical (unpaired) electrons. The van der Waals surface area contributed by atoms with E-state index in [2.05, 4.69) is 0 Å². The number of halogens is 2. The van der Waals surface area contributed by atoms with E-state index in [1.165, 1.54) is 4.31 Å². The lowest BCUT2D eigenvalue weighted by Crippen LogP contribution is -2.53. The molecule has 0 aromatic heterocycles. The summed E-state index contributed by atoms with van der Waals surface area (Å²) >= 11 is 11.9. The van der Waals surface area contributed by atoms with Crippen molar-refractivity contribution >= 4 is 39.1 Å².